The van der Waals surface area contributed by atoms with E-state index in [0.717, 1.165) is 4.88 Å². The Kier molecular flexibility index (Phi) is 3.14. The van der Waals surface area contributed by atoms with Crippen molar-refractivity contribution in [3.8, 4) is 0 Å². The third kappa shape index (κ3) is 2.55. The van der Waals surface area contributed by atoms with E-state index in [9.17, 15) is 5.11 Å². The summed E-state index contributed by atoms with van der Waals surface area (Å²) in [7, 11) is 0. The highest BCUT2D eigenvalue weighted by Gasteiger charge is 2.28. The predicted molar refractivity (Wildman–Crippen MR) is 57.9 cm³/mol. The zero-order valence-electron chi connectivity index (χ0n) is 8.74. The van der Waals surface area contributed by atoms with Crippen LogP contribution in [0.5, 0.6) is 0 Å². The summed E-state index contributed by atoms with van der Waals surface area (Å²) in [6.45, 7) is 8.59. The summed E-state index contributed by atoms with van der Waals surface area (Å²) in [6.07, 6.45) is -0.319. The van der Waals surface area contributed by atoms with Crippen LogP contribution in [-0.2, 0) is 0 Å². The van der Waals surface area contributed by atoms with Gasteiger partial charge in [-0.05, 0) is 22.8 Å². The lowest BCUT2D eigenvalue weighted by molar-refractivity contribution is 0.0562. The molecule has 0 aliphatic heterocycles. The van der Waals surface area contributed by atoms with E-state index < -0.39 is 0 Å². The SMILES string of the molecule is CC(C(O)c1cccs1)C(C)(C)C. The van der Waals surface area contributed by atoms with Crippen LogP contribution in [0, 0.1) is 11.3 Å². The van der Waals surface area contributed by atoms with Gasteiger partial charge >= 0.3 is 0 Å². The highest BCUT2D eigenvalue weighted by molar-refractivity contribution is 7.10. The van der Waals surface area contributed by atoms with E-state index in [-0.39, 0.29) is 17.4 Å². The highest BCUT2D eigenvalue weighted by atomic mass is 32.1. The number of rotatable bonds is 2. The summed E-state index contributed by atoms with van der Waals surface area (Å²) in [5.74, 6) is 0.283. The number of aliphatic hydroxyl groups excluding tert-OH is 1. The fourth-order valence-electron chi connectivity index (χ4n) is 1.18. The van der Waals surface area contributed by atoms with Crippen molar-refractivity contribution in [3.05, 3.63) is 22.4 Å². The molecule has 74 valence electrons. The molecule has 2 heteroatoms. The van der Waals surface area contributed by atoms with E-state index in [4.69, 9.17) is 0 Å². The van der Waals surface area contributed by atoms with Crippen LogP contribution >= 0.6 is 11.3 Å². The van der Waals surface area contributed by atoms with Crippen molar-refractivity contribution in [2.45, 2.75) is 33.8 Å². The average Bonchev–Trinajstić information content (AvgIpc) is 2.51. The lowest BCUT2D eigenvalue weighted by Crippen LogP contribution is -2.23. The van der Waals surface area contributed by atoms with Crippen molar-refractivity contribution < 1.29 is 5.11 Å². The van der Waals surface area contributed by atoms with Gasteiger partial charge < -0.3 is 5.11 Å². The van der Waals surface area contributed by atoms with Crippen LogP contribution in [0.25, 0.3) is 0 Å². The van der Waals surface area contributed by atoms with Gasteiger partial charge in [-0.25, -0.2) is 0 Å². The topological polar surface area (TPSA) is 20.2 Å². The molecule has 0 spiro atoms. The Morgan fingerprint density at radius 3 is 2.38 bits per heavy atom. The minimum absolute atomic E-state index is 0.156. The van der Waals surface area contributed by atoms with Gasteiger partial charge in [-0.2, -0.15) is 0 Å². The summed E-state index contributed by atoms with van der Waals surface area (Å²) >= 11 is 1.63. The third-order valence-electron chi connectivity index (χ3n) is 2.67. The summed E-state index contributed by atoms with van der Waals surface area (Å²) in [5.41, 5.74) is 0.156. The molecule has 1 rings (SSSR count). The van der Waals surface area contributed by atoms with Gasteiger partial charge in [0.1, 0.15) is 0 Å². The monoisotopic (exact) mass is 198 g/mol. The fourth-order valence-corrected chi connectivity index (χ4v) is 1.99. The number of thiophene rings is 1. The first-order chi connectivity index (χ1) is 5.93. The Morgan fingerprint density at radius 1 is 1.38 bits per heavy atom. The minimum atomic E-state index is -0.319. The van der Waals surface area contributed by atoms with Gasteiger partial charge in [0, 0.05) is 4.88 Å². The van der Waals surface area contributed by atoms with Crippen LogP contribution in [0.15, 0.2) is 17.5 Å². The van der Waals surface area contributed by atoms with Gasteiger partial charge in [0.2, 0.25) is 0 Å². The molecule has 13 heavy (non-hydrogen) atoms. The fraction of sp³-hybridized carbons (Fsp3) is 0.636. The minimum Gasteiger partial charge on any atom is -0.387 e. The second kappa shape index (κ2) is 3.81. The van der Waals surface area contributed by atoms with Gasteiger partial charge in [-0.15, -0.1) is 11.3 Å². The molecule has 2 unspecified atom stereocenters. The van der Waals surface area contributed by atoms with Crippen LogP contribution in [0.4, 0.5) is 0 Å². The van der Waals surface area contributed by atoms with Crippen molar-refractivity contribution in [2.75, 3.05) is 0 Å². The van der Waals surface area contributed by atoms with E-state index in [1.54, 1.807) is 11.3 Å². The molecular weight excluding hydrogens is 180 g/mol. The Hall–Kier alpha value is -0.340. The maximum atomic E-state index is 10.0. The number of hydrogen-bond donors (Lipinski definition) is 1. The van der Waals surface area contributed by atoms with Crippen molar-refractivity contribution in [1.82, 2.24) is 0 Å². The largest absolute Gasteiger partial charge is 0.387 e. The Morgan fingerprint density at radius 2 is 2.00 bits per heavy atom. The molecule has 0 fully saturated rings. The van der Waals surface area contributed by atoms with Crippen LogP contribution in [0.2, 0.25) is 0 Å². The van der Waals surface area contributed by atoms with Crippen molar-refractivity contribution in [2.24, 2.45) is 11.3 Å². The van der Waals surface area contributed by atoms with Gasteiger partial charge in [0.05, 0.1) is 6.10 Å². The molecule has 0 saturated heterocycles. The first kappa shape index (κ1) is 10.7. The van der Waals surface area contributed by atoms with Gasteiger partial charge in [-0.1, -0.05) is 33.8 Å². The normalized spacial score (nSPS) is 17.0. The van der Waals surface area contributed by atoms with Gasteiger partial charge in [-0.3, -0.25) is 0 Å². The van der Waals surface area contributed by atoms with Crippen LogP contribution in [-0.4, -0.2) is 5.11 Å². The molecule has 1 heterocycles. The van der Waals surface area contributed by atoms with Crippen molar-refractivity contribution in [3.63, 3.8) is 0 Å². The van der Waals surface area contributed by atoms with Crippen molar-refractivity contribution in [1.29, 1.82) is 0 Å². The molecular formula is C11H18OS. The summed E-state index contributed by atoms with van der Waals surface area (Å²) in [4.78, 5) is 1.07. The molecule has 0 aliphatic rings. The standard InChI is InChI=1S/C11H18OS/c1-8(11(2,3)4)10(12)9-6-5-7-13-9/h5-8,10,12H,1-4H3. The second-order valence-corrected chi connectivity index (χ2v) is 5.59. The zero-order chi connectivity index (χ0) is 10.1. The van der Waals surface area contributed by atoms with E-state index >= 15 is 0 Å². The molecule has 0 saturated carbocycles. The maximum Gasteiger partial charge on any atom is 0.0912 e. The first-order valence-corrected chi connectivity index (χ1v) is 5.52. The Labute approximate surface area is 84.4 Å². The molecule has 1 aromatic rings. The first-order valence-electron chi connectivity index (χ1n) is 4.64. The summed E-state index contributed by atoms with van der Waals surface area (Å²) in [6, 6.07) is 3.98. The highest BCUT2D eigenvalue weighted by Crippen LogP contribution is 2.37. The quantitative estimate of drug-likeness (QED) is 0.771. The third-order valence-corrected chi connectivity index (χ3v) is 3.62. The summed E-state index contributed by atoms with van der Waals surface area (Å²) < 4.78 is 0. The van der Waals surface area contributed by atoms with Crippen LogP contribution in [0.3, 0.4) is 0 Å². The molecule has 0 bridgehead atoms. The zero-order valence-corrected chi connectivity index (χ0v) is 9.56. The second-order valence-electron chi connectivity index (χ2n) is 4.61. The van der Waals surface area contributed by atoms with E-state index in [1.165, 1.54) is 0 Å². The molecule has 0 aliphatic carbocycles. The lowest BCUT2D eigenvalue weighted by Gasteiger charge is -2.30. The lowest BCUT2D eigenvalue weighted by atomic mass is 9.78. The molecule has 1 nitrogen and oxygen atoms in total. The molecule has 1 aromatic heterocycles. The molecule has 0 radical (unpaired) electrons. The van der Waals surface area contributed by atoms with Crippen LogP contribution in [0.1, 0.15) is 38.7 Å². The van der Waals surface area contributed by atoms with Gasteiger partial charge in [0.25, 0.3) is 0 Å². The Bertz CT molecular complexity index is 246. The van der Waals surface area contributed by atoms with Gasteiger partial charge in [0.15, 0.2) is 0 Å². The molecule has 1 N–H and O–H groups in total. The molecule has 0 aromatic carbocycles. The van der Waals surface area contributed by atoms with E-state index in [1.807, 2.05) is 17.5 Å². The van der Waals surface area contributed by atoms with E-state index in [2.05, 4.69) is 27.7 Å². The van der Waals surface area contributed by atoms with E-state index in [0.29, 0.717) is 0 Å². The summed E-state index contributed by atoms with van der Waals surface area (Å²) in [5, 5.41) is 12.0. The van der Waals surface area contributed by atoms with Crippen LogP contribution < -0.4 is 0 Å². The van der Waals surface area contributed by atoms with Crippen molar-refractivity contribution >= 4 is 11.3 Å². The number of aliphatic hydroxyl groups is 1. The molecule has 2 atom stereocenters. The maximum absolute atomic E-state index is 10.0. The average molecular weight is 198 g/mol. The predicted octanol–water partition coefficient (Wildman–Crippen LogP) is 3.46. The molecule has 0 amide bonds. The Balaban J connectivity index is 2.74. The smallest absolute Gasteiger partial charge is 0.0912 e. The number of hydrogen-bond acceptors (Lipinski definition) is 2.